The molecule has 81 heavy (non-hydrogen) atoms. The number of benzene rings is 12. The Hall–Kier alpha value is -10.0. The standard InChI is InChI=1S/C77H55N3O/c1-76(2)64-28-16-13-27-60(64)75(81)61-36-31-52(47-65(61)76)55-37-42-70(57-24-12-11-23-56(55)57)80-73-40-34-50(48-32-38-71-62(43-48)58-25-14-17-29-68(58)78(71)53-19-7-5-8-20-53)45-66(73)77(3,4)67-46-51(35-41-74(67)80)49-33-39-72-63(44-49)59-26-15-18-30-69(59)79(72)54-21-9-6-10-22-54/h5-47H,1-4H3. The maximum atomic E-state index is 14.0. The minimum Gasteiger partial charge on any atom is -0.309 e. The van der Waals surface area contributed by atoms with Gasteiger partial charge in [0.1, 0.15) is 0 Å². The average Bonchev–Trinajstić information content (AvgIpc) is 4.23. The first-order chi connectivity index (χ1) is 39.6. The molecule has 14 aromatic rings. The molecule has 0 saturated heterocycles. The van der Waals surface area contributed by atoms with Crippen LogP contribution in [-0.4, -0.2) is 14.9 Å². The molecule has 0 atom stereocenters. The second-order valence-corrected chi connectivity index (χ2v) is 23.2. The zero-order valence-electron chi connectivity index (χ0n) is 45.6. The molecule has 4 heteroatoms. The van der Waals surface area contributed by atoms with Crippen LogP contribution in [0.3, 0.4) is 0 Å². The molecular weight excluding hydrogens is 983 g/mol. The zero-order valence-corrected chi connectivity index (χ0v) is 45.6. The van der Waals surface area contributed by atoms with Crippen LogP contribution in [0.15, 0.2) is 261 Å². The molecule has 0 amide bonds. The maximum Gasteiger partial charge on any atom is 0.193 e. The Morgan fingerprint density at radius 2 is 0.667 bits per heavy atom. The van der Waals surface area contributed by atoms with Crippen LogP contribution in [0.2, 0.25) is 0 Å². The van der Waals surface area contributed by atoms with Crippen molar-refractivity contribution in [2.24, 2.45) is 0 Å². The first-order valence-corrected chi connectivity index (χ1v) is 28.2. The fraction of sp³-hybridized carbons (Fsp3) is 0.0779. The van der Waals surface area contributed by atoms with Crippen LogP contribution in [0.5, 0.6) is 0 Å². The van der Waals surface area contributed by atoms with Crippen molar-refractivity contribution < 1.29 is 4.79 Å². The second-order valence-electron chi connectivity index (χ2n) is 23.2. The summed E-state index contributed by atoms with van der Waals surface area (Å²) in [6, 6.07) is 95.3. The summed E-state index contributed by atoms with van der Waals surface area (Å²) < 4.78 is 4.77. The van der Waals surface area contributed by atoms with Crippen LogP contribution in [0, 0.1) is 0 Å². The van der Waals surface area contributed by atoms with Gasteiger partial charge in [0.15, 0.2) is 5.78 Å². The van der Waals surface area contributed by atoms with Crippen molar-refractivity contribution in [1.82, 2.24) is 9.13 Å². The van der Waals surface area contributed by atoms with E-state index in [9.17, 15) is 4.79 Å². The predicted molar refractivity (Wildman–Crippen MR) is 338 cm³/mol. The number of carbonyl (C=O) groups excluding carboxylic acids is 1. The summed E-state index contributed by atoms with van der Waals surface area (Å²) in [6.07, 6.45) is 0. The van der Waals surface area contributed by atoms with E-state index in [2.05, 4.69) is 284 Å². The van der Waals surface area contributed by atoms with E-state index in [-0.39, 0.29) is 11.2 Å². The van der Waals surface area contributed by atoms with Crippen LogP contribution in [0.4, 0.5) is 17.1 Å². The molecule has 4 nitrogen and oxygen atoms in total. The lowest BCUT2D eigenvalue weighted by molar-refractivity contribution is 0.103. The van der Waals surface area contributed by atoms with Crippen molar-refractivity contribution in [3.63, 3.8) is 0 Å². The topological polar surface area (TPSA) is 30.2 Å². The van der Waals surface area contributed by atoms with Gasteiger partial charge in [-0.25, -0.2) is 0 Å². The summed E-state index contributed by atoms with van der Waals surface area (Å²) in [4.78, 5) is 16.5. The fourth-order valence-electron chi connectivity index (χ4n) is 14.0. The molecule has 1 aliphatic heterocycles. The van der Waals surface area contributed by atoms with Gasteiger partial charge in [-0.05, 0) is 158 Å². The zero-order chi connectivity index (χ0) is 54.3. The monoisotopic (exact) mass is 1040 g/mol. The number of hydrogen-bond acceptors (Lipinski definition) is 2. The van der Waals surface area contributed by atoms with E-state index in [1.165, 1.54) is 77.0 Å². The van der Waals surface area contributed by atoms with Gasteiger partial charge < -0.3 is 14.0 Å². The Labute approximate surface area is 471 Å². The van der Waals surface area contributed by atoms with Crippen LogP contribution >= 0.6 is 0 Å². The first-order valence-electron chi connectivity index (χ1n) is 28.2. The molecule has 3 heterocycles. The number of hydrogen-bond donors (Lipinski definition) is 0. The summed E-state index contributed by atoms with van der Waals surface area (Å²) >= 11 is 0. The number of carbonyl (C=O) groups is 1. The predicted octanol–water partition coefficient (Wildman–Crippen LogP) is 20.0. The quantitative estimate of drug-likeness (QED) is 0.166. The highest BCUT2D eigenvalue weighted by molar-refractivity contribution is 6.15. The van der Waals surface area contributed by atoms with E-state index in [1.54, 1.807) is 0 Å². The number of nitrogens with zero attached hydrogens (tertiary/aromatic N) is 3. The molecule has 384 valence electrons. The molecule has 2 aliphatic rings. The summed E-state index contributed by atoms with van der Waals surface area (Å²) in [5.74, 6) is 0.0933. The molecule has 0 bridgehead atoms. The summed E-state index contributed by atoms with van der Waals surface area (Å²) in [5.41, 5.74) is 22.9. The SMILES string of the molecule is CC1(C)c2ccccc2C(=O)c2ccc(-c3ccc(N4c5ccc(-c6ccc7c(c6)c6ccccc6n7-c6ccccc6)cc5C(C)(C)c5cc(-c6ccc7c(c6)c6ccccc6n7-c6ccccc6)ccc54)c4ccccc34)cc21. The van der Waals surface area contributed by atoms with Crippen LogP contribution in [0.25, 0.3) is 99.1 Å². The van der Waals surface area contributed by atoms with Gasteiger partial charge in [-0.2, -0.15) is 0 Å². The Balaban J connectivity index is 0.880. The Bertz CT molecular complexity index is 4750. The highest BCUT2D eigenvalue weighted by atomic mass is 16.1. The van der Waals surface area contributed by atoms with Crippen LogP contribution in [-0.2, 0) is 10.8 Å². The number of fused-ring (bicyclic) bond motifs is 11. The molecule has 0 spiro atoms. The maximum absolute atomic E-state index is 14.0. The van der Waals surface area contributed by atoms with Gasteiger partial charge in [-0.15, -0.1) is 0 Å². The molecule has 2 aromatic heterocycles. The lowest BCUT2D eigenvalue weighted by Crippen LogP contribution is -2.31. The number of para-hydroxylation sites is 4. The first kappa shape index (κ1) is 47.0. The van der Waals surface area contributed by atoms with E-state index in [0.717, 1.165) is 72.6 Å². The van der Waals surface area contributed by atoms with Crippen molar-refractivity contribution >= 4 is 77.2 Å². The summed E-state index contributed by atoms with van der Waals surface area (Å²) in [7, 11) is 0. The van der Waals surface area contributed by atoms with E-state index >= 15 is 0 Å². The third kappa shape index (κ3) is 6.93. The third-order valence-electron chi connectivity index (χ3n) is 18.1. The minimum absolute atomic E-state index is 0.0933. The fourth-order valence-corrected chi connectivity index (χ4v) is 14.0. The summed E-state index contributed by atoms with van der Waals surface area (Å²) in [6.45, 7) is 9.31. The smallest absolute Gasteiger partial charge is 0.193 e. The molecule has 12 aromatic carbocycles. The average molecular weight is 1040 g/mol. The largest absolute Gasteiger partial charge is 0.309 e. The number of anilines is 3. The Morgan fingerprint density at radius 1 is 0.272 bits per heavy atom. The van der Waals surface area contributed by atoms with Crippen molar-refractivity contribution in [2.45, 2.75) is 38.5 Å². The number of rotatable bonds is 6. The number of aromatic nitrogens is 2. The van der Waals surface area contributed by atoms with Crippen molar-refractivity contribution in [3.8, 4) is 44.8 Å². The van der Waals surface area contributed by atoms with Gasteiger partial charge in [0.05, 0.1) is 39.1 Å². The Morgan fingerprint density at radius 3 is 1.25 bits per heavy atom. The minimum atomic E-state index is -0.407. The lowest BCUT2D eigenvalue weighted by Gasteiger charge is -2.43. The molecular formula is C77H55N3O. The van der Waals surface area contributed by atoms with Gasteiger partial charge in [0, 0.05) is 60.3 Å². The molecule has 0 N–H and O–H groups in total. The van der Waals surface area contributed by atoms with Gasteiger partial charge >= 0.3 is 0 Å². The van der Waals surface area contributed by atoms with Crippen molar-refractivity contribution in [3.05, 3.63) is 294 Å². The van der Waals surface area contributed by atoms with E-state index in [1.807, 2.05) is 18.2 Å². The van der Waals surface area contributed by atoms with Crippen LogP contribution in [0.1, 0.15) is 65.9 Å². The lowest BCUT2D eigenvalue weighted by atomic mass is 9.68. The molecule has 16 rings (SSSR count). The van der Waals surface area contributed by atoms with Crippen molar-refractivity contribution in [2.75, 3.05) is 4.90 Å². The molecule has 0 saturated carbocycles. The highest BCUT2D eigenvalue weighted by Crippen LogP contribution is 2.56. The normalized spacial score (nSPS) is 14.1. The van der Waals surface area contributed by atoms with Gasteiger partial charge in [-0.3, -0.25) is 4.79 Å². The third-order valence-corrected chi connectivity index (χ3v) is 18.1. The molecule has 0 radical (unpaired) electrons. The van der Waals surface area contributed by atoms with Gasteiger partial charge in [0.2, 0.25) is 0 Å². The molecule has 0 unspecified atom stereocenters. The highest BCUT2D eigenvalue weighted by Gasteiger charge is 2.39. The molecule has 1 aliphatic carbocycles. The second kappa shape index (κ2) is 17.5. The number of ketones is 1. The van der Waals surface area contributed by atoms with Gasteiger partial charge in [-0.1, -0.05) is 191 Å². The van der Waals surface area contributed by atoms with Gasteiger partial charge in [0.25, 0.3) is 0 Å². The molecule has 0 fully saturated rings. The van der Waals surface area contributed by atoms with E-state index in [0.29, 0.717) is 0 Å². The Kier molecular flexibility index (Phi) is 10.1. The van der Waals surface area contributed by atoms with Crippen LogP contribution < -0.4 is 4.90 Å². The van der Waals surface area contributed by atoms with Crippen molar-refractivity contribution in [1.29, 1.82) is 0 Å². The van der Waals surface area contributed by atoms with E-state index < -0.39 is 5.41 Å². The summed E-state index contributed by atoms with van der Waals surface area (Å²) in [5, 5.41) is 7.24. The van der Waals surface area contributed by atoms with E-state index in [4.69, 9.17) is 0 Å².